The van der Waals surface area contributed by atoms with Gasteiger partial charge in [-0.15, -0.1) is 0 Å². The van der Waals surface area contributed by atoms with Crippen molar-refractivity contribution in [2.75, 3.05) is 51.2 Å². The van der Waals surface area contributed by atoms with Crippen molar-refractivity contribution in [3.05, 3.63) is 42.0 Å². The zero-order valence-electron chi connectivity index (χ0n) is 21.5. The first kappa shape index (κ1) is 24.7. The second-order valence-corrected chi connectivity index (χ2v) is 10.9. The van der Waals surface area contributed by atoms with Crippen LogP contribution in [-0.4, -0.2) is 78.1 Å². The molecule has 1 aromatic heterocycles. The Bertz CT molecular complexity index is 1040. The number of likely N-dealkylation sites (tertiary alicyclic amines) is 2. The lowest BCUT2D eigenvalue weighted by Gasteiger charge is -2.39. The molecule has 3 heterocycles. The summed E-state index contributed by atoms with van der Waals surface area (Å²) in [6.07, 6.45) is 5.76. The van der Waals surface area contributed by atoms with Gasteiger partial charge in [-0.05, 0) is 63.0 Å². The minimum Gasteiger partial charge on any atom is -0.375 e. The molecule has 2 aromatic rings. The Morgan fingerprint density at radius 3 is 2.61 bits per heavy atom. The maximum atomic E-state index is 12.9. The summed E-state index contributed by atoms with van der Waals surface area (Å²) in [6, 6.07) is 10.2. The standard InChI is InChI=1S/C27H38N6O3/c1-20-29-25(36-30-20)23-17-27(11-15-32(16-12-27)26(35)21-9-10-21)19-33(23)18-24(34)28-13-6-14-31(2)22-7-4-3-5-8-22/h3-5,7-8,21,23H,6,9-19H2,1-2H3,(H,28,34). The minimum atomic E-state index is -0.0631. The largest absolute Gasteiger partial charge is 0.375 e. The highest BCUT2D eigenvalue weighted by Crippen LogP contribution is 2.49. The zero-order chi connectivity index (χ0) is 25.1. The molecule has 9 heteroatoms. The Morgan fingerprint density at radius 1 is 1.19 bits per heavy atom. The van der Waals surface area contributed by atoms with Gasteiger partial charge in [-0.2, -0.15) is 4.98 Å². The number of carbonyl (C=O) groups is 2. The molecule has 3 fully saturated rings. The first-order chi connectivity index (χ1) is 17.4. The summed E-state index contributed by atoms with van der Waals surface area (Å²) in [7, 11) is 2.07. The Kier molecular flexibility index (Phi) is 7.27. The number of nitrogens with zero attached hydrogens (tertiary/aromatic N) is 5. The summed E-state index contributed by atoms with van der Waals surface area (Å²) in [5.41, 5.74) is 1.25. The van der Waals surface area contributed by atoms with E-state index in [1.807, 2.05) is 25.1 Å². The zero-order valence-corrected chi connectivity index (χ0v) is 21.5. The van der Waals surface area contributed by atoms with Crippen molar-refractivity contribution in [1.82, 2.24) is 25.3 Å². The molecule has 36 heavy (non-hydrogen) atoms. The second kappa shape index (κ2) is 10.6. The number of nitrogens with one attached hydrogen (secondary N) is 1. The predicted molar refractivity (Wildman–Crippen MR) is 136 cm³/mol. The molecule has 9 nitrogen and oxygen atoms in total. The van der Waals surface area contributed by atoms with Crippen molar-refractivity contribution in [2.24, 2.45) is 11.3 Å². The molecule has 1 spiro atoms. The Hall–Kier alpha value is -2.94. The van der Waals surface area contributed by atoms with Gasteiger partial charge in [0.05, 0.1) is 12.6 Å². The molecular formula is C27H38N6O3. The number of rotatable bonds is 9. The van der Waals surface area contributed by atoms with E-state index in [0.717, 1.165) is 64.7 Å². The summed E-state index contributed by atoms with van der Waals surface area (Å²) < 4.78 is 5.56. The molecule has 1 aliphatic carbocycles. The van der Waals surface area contributed by atoms with Gasteiger partial charge < -0.3 is 19.6 Å². The fourth-order valence-electron chi connectivity index (χ4n) is 5.75. The predicted octanol–water partition coefficient (Wildman–Crippen LogP) is 2.79. The van der Waals surface area contributed by atoms with Crippen LogP contribution in [0.15, 0.2) is 34.9 Å². The van der Waals surface area contributed by atoms with Crippen LogP contribution in [0.1, 0.15) is 56.3 Å². The molecule has 2 amide bonds. The van der Waals surface area contributed by atoms with Gasteiger partial charge in [0.1, 0.15) is 0 Å². The number of para-hydroxylation sites is 1. The quantitative estimate of drug-likeness (QED) is 0.536. The van der Waals surface area contributed by atoms with E-state index in [1.54, 1.807) is 0 Å². The third-order valence-electron chi connectivity index (χ3n) is 8.03. The highest BCUT2D eigenvalue weighted by atomic mass is 16.5. The molecule has 194 valence electrons. The van der Waals surface area contributed by atoms with Crippen LogP contribution in [0.25, 0.3) is 0 Å². The Morgan fingerprint density at radius 2 is 1.94 bits per heavy atom. The van der Waals surface area contributed by atoms with Crippen LogP contribution in [0.3, 0.4) is 0 Å². The van der Waals surface area contributed by atoms with E-state index < -0.39 is 0 Å². The maximum absolute atomic E-state index is 12.9. The molecule has 1 N–H and O–H groups in total. The number of aromatic nitrogens is 2. The summed E-state index contributed by atoms with van der Waals surface area (Å²) in [4.78, 5) is 36.4. The number of anilines is 1. The van der Waals surface area contributed by atoms with E-state index >= 15 is 0 Å². The first-order valence-electron chi connectivity index (χ1n) is 13.3. The minimum absolute atomic E-state index is 0.0250. The van der Waals surface area contributed by atoms with Gasteiger partial charge in [0, 0.05) is 51.4 Å². The summed E-state index contributed by atoms with van der Waals surface area (Å²) in [6.45, 7) is 6.07. The SMILES string of the molecule is Cc1noc(C2CC3(CCN(C(=O)C4CC4)CC3)CN2CC(=O)NCCCN(C)c2ccccc2)n1. The summed E-state index contributed by atoms with van der Waals surface area (Å²) >= 11 is 0. The number of carbonyl (C=O) groups excluding carboxylic acids is 2. The lowest BCUT2D eigenvalue weighted by Crippen LogP contribution is -2.45. The number of piperidine rings is 1. The van der Waals surface area contributed by atoms with Gasteiger partial charge in [-0.3, -0.25) is 14.5 Å². The average Bonchev–Trinajstić information content (AvgIpc) is 3.57. The van der Waals surface area contributed by atoms with Crippen molar-refractivity contribution < 1.29 is 14.1 Å². The third kappa shape index (κ3) is 5.72. The van der Waals surface area contributed by atoms with E-state index in [0.29, 0.717) is 30.7 Å². The molecule has 1 aromatic carbocycles. The van der Waals surface area contributed by atoms with Crippen LogP contribution in [-0.2, 0) is 9.59 Å². The fourth-order valence-corrected chi connectivity index (χ4v) is 5.75. The third-order valence-corrected chi connectivity index (χ3v) is 8.03. The second-order valence-electron chi connectivity index (χ2n) is 10.9. The van der Waals surface area contributed by atoms with Crippen molar-refractivity contribution in [2.45, 2.75) is 51.5 Å². The van der Waals surface area contributed by atoms with E-state index in [1.165, 1.54) is 5.69 Å². The number of benzene rings is 1. The Balaban J connectivity index is 1.14. The normalized spacial score (nSPS) is 21.6. The van der Waals surface area contributed by atoms with Crippen LogP contribution >= 0.6 is 0 Å². The molecular weight excluding hydrogens is 456 g/mol. The molecule has 0 radical (unpaired) electrons. The van der Waals surface area contributed by atoms with Gasteiger partial charge >= 0.3 is 0 Å². The van der Waals surface area contributed by atoms with Crippen LogP contribution < -0.4 is 10.2 Å². The van der Waals surface area contributed by atoms with E-state index in [2.05, 4.69) is 49.3 Å². The van der Waals surface area contributed by atoms with Crippen LogP contribution in [0, 0.1) is 18.3 Å². The van der Waals surface area contributed by atoms with Gasteiger partial charge in [-0.25, -0.2) is 0 Å². The molecule has 2 aliphatic heterocycles. The lowest BCUT2D eigenvalue weighted by molar-refractivity contribution is -0.134. The van der Waals surface area contributed by atoms with Gasteiger partial charge in [0.25, 0.3) is 0 Å². The van der Waals surface area contributed by atoms with Crippen molar-refractivity contribution >= 4 is 17.5 Å². The number of amides is 2. The van der Waals surface area contributed by atoms with Crippen LogP contribution in [0.2, 0.25) is 0 Å². The molecule has 0 bridgehead atoms. The smallest absolute Gasteiger partial charge is 0.244 e. The van der Waals surface area contributed by atoms with Crippen molar-refractivity contribution in [3.63, 3.8) is 0 Å². The topological polar surface area (TPSA) is 94.8 Å². The average molecular weight is 495 g/mol. The number of aryl methyl sites for hydroxylation is 1. The first-order valence-corrected chi connectivity index (χ1v) is 13.3. The Labute approximate surface area is 213 Å². The van der Waals surface area contributed by atoms with E-state index in [4.69, 9.17) is 4.52 Å². The molecule has 1 saturated carbocycles. The van der Waals surface area contributed by atoms with E-state index in [9.17, 15) is 9.59 Å². The van der Waals surface area contributed by atoms with E-state index in [-0.39, 0.29) is 23.3 Å². The lowest BCUT2D eigenvalue weighted by atomic mass is 9.76. The number of hydrogen-bond donors (Lipinski definition) is 1. The van der Waals surface area contributed by atoms with Gasteiger partial charge in [0.15, 0.2) is 5.82 Å². The van der Waals surface area contributed by atoms with Crippen LogP contribution in [0.5, 0.6) is 0 Å². The maximum Gasteiger partial charge on any atom is 0.244 e. The molecule has 5 rings (SSSR count). The van der Waals surface area contributed by atoms with Gasteiger partial charge in [-0.1, -0.05) is 23.4 Å². The molecule has 1 atom stereocenters. The fraction of sp³-hybridized carbons (Fsp3) is 0.630. The summed E-state index contributed by atoms with van der Waals surface area (Å²) in [5, 5.41) is 7.10. The number of hydrogen-bond acceptors (Lipinski definition) is 7. The van der Waals surface area contributed by atoms with Crippen molar-refractivity contribution in [1.29, 1.82) is 0 Å². The molecule has 2 saturated heterocycles. The molecule has 3 aliphatic rings. The van der Waals surface area contributed by atoms with Gasteiger partial charge in [0.2, 0.25) is 17.7 Å². The van der Waals surface area contributed by atoms with Crippen molar-refractivity contribution in [3.8, 4) is 0 Å². The summed E-state index contributed by atoms with van der Waals surface area (Å²) in [5.74, 6) is 1.84. The highest BCUT2D eigenvalue weighted by molar-refractivity contribution is 5.81. The highest BCUT2D eigenvalue weighted by Gasteiger charge is 2.49. The molecule has 1 unspecified atom stereocenters. The monoisotopic (exact) mass is 494 g/mol. The van der Waals surface area contributed by atoms with Crippen LogP contribution in [0.4, 0.5) is 5.69 Å².